The lowest BCUT2D eigenvalue weighted by Gasteiger charge is -2.28. The van der Waals surface area contributed by atoms with E-state index >= 15 is 0 Å². The summed E-state index contributed by atoms with van der Waals surface area (Å²) in [6.07, 6.45) is 1.37. The molecule has 0 amide bonds. The first kappa shape index (κ1) is 13.7. The Balaban J connectivity index is 2.35. The first-order chi connectivity index (χ1) is 8.41. The van der Waals surface area contributed by atoms with Crippen LogP contribution >= 0.6 is 11.6 Å². The molecule has 1 aromatic carbocycles. The Morgan fingerprint density at radius 3 is 2.67 bits per heavy atom. The van der Waals surface area contributed by atoms with E-state index in [0.717, 1.165) is 22.9 Å². The van der Waals surface area contributed by atoms with Crippen molar-refractivity contribution in [2.45, 2.75) is 23.1 Å². The van der Waals surface area contributed by atoms with Gasteiger partial charge in [-0.1, -0.05) is 0 Å². The van der Waals surface area contributed by atoms with Crippen molar-refractivity contribution < 1.29 is 17.2 Å². The zero-order valence-corrected chi connectivity index (χ0v) is 11.0. The molecule has 1 unspecified atom stereocenters. The number of nitrogens with zero attached hydrogens (tertiary/aromatic N) is 1. The van der Waals surface area contributed by atoms with Gasteiger partial charge in [0.05, 0.1) is 0 Å². The van der Waals surface area contributed by atoms with Gasteiger partial charge in [0, 0.05) is 24.5 Å². The molecule has 0 saturated carbocycles. The summed E-state index contributed by atoms with van der Waals surface area (Å²) in [5.74, 6) is -1.88. The standard InChI is InChI=1S/C11H12ClF2NO2S/c12-8-2-1-5-15(7-8)18(16,17)11-4-3-9(13)6-10(11)14/h3-4,6,8H,1-2,5,7H2. The molecule has 0 aliphatic carbocycles. The molecule has 1 saturated heterocycles. The van der Waals surface area contributed by atoms with Crippen LogP contribution in [0.3, 0.4) is 0 Å². The van der Waals surface area contributed by atoms with Gasteiger partial charge in [0.2, 0.25) is 10.0 Å². The van der Waals surface area contributed by atoms with Crippen molar-refractivity contribution in [3.05, 3.63) is 29.8 Å². The van der Waals surface area contributed by atoms with E-state index in [4.69, 9.17) is 11.6 Å². The van der Waals surface area contributed by atoms with Crippen LogP contribution in [0.2, 0.25) is 0 Å². The maximum Gasteiger partial charge on any atom is 0.246 e. The molecule has 0 bridgehead atoms. The van der Waals surface area contributed by atoms with Crippen LogP contribution in [0.15, 0.2) is 23.1 Å². The van der Waals surface area contributed by atoms with Crippen molar-refractivity contribution in [3.8, 4) is 0 Å². The predicted molar refractivity (Wildman–Crippen MR) is 64.0 cm³/mol. The Morgan fingerprint density at radius 2 is 2.06 bits per heavy atom. The van der Waals surface area contributed by atoms with Crippen LogP contribution in [0, 0.1) is 11.6 Å². The summed E-state index contributed by atoms with van der Waals surface area (Å²) in [5.41, 5.74) is 0. The molecule has 1 aliphatic rings. The highest BCUT2D eigenvalue weighted by atomic mass is 35.5. The van der Waals surface area contributed by atoms with Gasteiger partial charge in [0.25, 0.3) is 0 Å². The van der Waals surface area contributed by atoms with Crippen LogP contribution in [-0.4, -0.2) is 31.2 Å². The summed E-state index contributed by atoms with van der Waals surface area (Å²) in [6.45, 7) is 0.461. The third kappa shape index (κ3) is 2.65. The second-order valence-corrected chi connectivity index (χ2v) is 6.70. The average Bonchev–Trinajstić information content (AvgIpc) is 2.28. The van der Waals surface area contributed by atoms with Crippen molar-refractivity contribution in [2.75, 3.05) is 13.1 Å². The van der Waals surface area contributed by atoms with E-state index < -0.39 is 26.6 Å². The quantitative estimate of drug-likeness (QED) is 0.786. The summed E-state index contributed by atoms with van der Waals surface area (Å²) in [7, 11) is -3.94. The number of hydrogen-bond acceptors (Lipinski definition) is 2. The molecule has 1 atom stereocenters. The van der Waals surface area contributed by atoms with Crippen molar-refractivity contribution in [2.24, 2.45) is 0 Å². The summed E-state index contributed by atoms with van der Waals surface area (Å²) < 4.78 is 51.8. The van der Waals surface area contributed by atoms with Gasteiger partial charge in [0.1, 0.15) is 16.5 Å². The molecular formula is C11H12ClF2NO2S. The predicted octanol–water partition coefficient (Wildman–Crippen LogP) is 2.36. The van der Waals surface area contributed by atoms with Crippen molar-refractivity contribution in [1.82, 2.24) is 4.31 Å². The zero-order chi connectivity index (χ0) is 13.3. The summed E-state index contributed by atoms with van der Waals surface area (Å²) in [5, 5.41) is -0.267. The fraction of sp³-hybridized carbons (Fsp3) is 0.455. The first-order valence-electron chi connectivity index (χ1n) is 5.50. The molecular weight excluding hydrogens is 284 g/mol. The number of rotatable bonds is 2. The molecule has 1 heterocycles. The Kier molecular flexibility index (Phi) is 3.89. The average molecular weight is 296 g/mol. The van der Waals surface area contributed by atoms with E-state index in [0.29, 0.717) is 19.0 Å². The van der Waals surface area contributed by atoms with E-state index in [1.807, 2.05) is 0 Å². The lowest BCUT2D eigenvalue weighted by Crippen LogP contribution is -2.40. The summed E-state index contributed by atoms with van der Waals surface area (Å²) in [4.78, 5) is -0.505. The van der Waals surface area contributed by atoms with Crippen LogP contribution in [-0.2, 0) is 10.0 Å². The SMILES string of the molecule is O=S(=O)(c1ccc(F)cc1F)N1CCCC(Cl)C1. The lowest BCUT2D eigenvalue weighted by atomic mass is 10.2. The maximum atomic E-state index is 13.5. The van der Waals surface area contributed by atoms with Crippen LogP contribution < -0.4 is 0 Å². The topological polar surface area (TPSA) is 37.4 Å². The highest BCUT2D eigenvalue weighted by Gasteiger charge is 2.31. The third-order valence-corrected chi connectivity index (χ3v) is 5.09. The minimum atomic E-state index is -3.94. The van der Waals surface area contributed by atoms with Crippen LogP contribution in [0.1, 0.15) is 12.8 Å². The zero-order valence-electron chi connectivity index (χ0n) is 9.44. The van der Waals surface area contributed by atoms with E-state index in [1.165, 1.54) is 0 Å². The van der Waals surface area contributed by atoms with Gasteiger partial charge in [-0.2, -0.15) is 4.31 Å². The number of piperidine rings is 1. The van der Waals surface area contributed by atoms with Crippen LogP contribution in [0.4, 0.5) is 8.78 Å². The highest BCUT2D eigenvalue weighted by Crippen LogP contribution is 2.25. The van der Waals surface area contributed by atoms with Gasteiger partial charge in [0.15, 0.2) is 0 Å². The van der Waals surface area contributed by atoms with E-state index in [9.17, 15) is 17.2 Å². The van der Waals surface area contributed by atoms with Gasteiger partial charge < -0.3 is 0 Å². The third-order valence-electron chi connectivity index (χ3n) is 2.84. The molecule has 0 N–H and O–H groups in total. The fourth-order valence-electron chi connectivity index (χ4n) is 1.93. The number of benzene rings is 1. The minimum absolute atomic E-state index is 0.153. The Labute approximate surface area is 109 Å². The molecule has 3 nitrogen and oxygen atoms in total. The molecule has 0 radical (unpaired) electrons. The Hall–Kier alpha value is -0.720. The van der Waals surface area contributed by atoms with Crippen molar-refractivity contribution in [1.29, 1.82) is 0 Å². The Bertz CT molecular complexity index is 550. The van der Waals surface area contributed by atoms with Gasteiger partial charge in [-0.3, -0.25) is 0 Å². The first-order valence-corrected chi connectivity index (χ1v) is 7.38. The molecule has 0 spiro atoms. The van der Waals surface area contributed by atoms with Crippen LogP contribution in [0.5, 0.6) is 0 Å². The smallest absolute Gasteiger partial charge is 0.207 e. The molecule has 1 aliphatic heterocycles. The van der Waals surface area contributed by atoms with E-state index in [-0.39, 0.29) is 11.9 Å². The van der Waals surface area contributed by atoms with Gasteiger partial charge >= 0.3 is 0 Å². The van der Waals surface area contributed by atoms with Gasteiger partial charge in [-0.05, 0) is 25.0 Å². The molecule has 100 valence electrons. The van der Waals surface area contributed by atoms with Gasteiger partial charge in [-0.15, -0.1) is 11.6 Å². The second-order valence-electron chi connectivity index (χ2n) is 4.18. The molecule has 0 aromatic heterocycles. The van der Waals surface area contributed by atoms with Gasteiger partial charge in [-0.25, -0.2) is 17.2 Å². The highest BCUT2D eigenvalue weighted by molar-refractivity contribution is 7.89. The van der Waals surface area contributed by atoms with E-state index in [1.54, 1.807) is 0 Å². The maximum absolute atomic E-state index is 13.5. The summed E-state index contributed by atoms with van der Waals surface area (Å²) >= 11 is 5.91. The normalized spacial score (nSPS) is 22.1. The summed E-state index contributed by atoms with van der Waals surface area (Å²) in [6, 6.07) is 2.44. The number of alkyl halides is 1. The second kappa shape index (κ2) is 5.11. The van der Waals surface area contributed by atoms with Crippen molar-refractivity contribution in [3.63, 3.8) is 0 Å². The monoisotopic (exact) mass is 295 g/mol. The lowest BCUT2D eigenvalue weighted by molar-refractivity contribution is 0.349. The molecule has 1 fully saturated rings. The van der Waals surface area contributed by atoms with Crippen LogP contribution in [0.25, 0.3) is 0 Å². The van der Waals surface area contributed by atoms with E-state index in [2.05, 4.69) is 0 Å². The van der Waals surface area contributed by atoms with Crippen molar-refractivity contribution >= 4 is 21.6 Å². The molecule has 1 aromatic rings. The fourth-order valence-corrected chi connectivity index (χ4v) is 3.91. The minimum Gasteiger partial charge on any atom is -0.207 e. The number of sulfonamides is 1. The largest absolute Gasteiger partial charge is 0.246 e. The molecule has 18 heavy (non-hydrogen) atoms. The molecule has 7 heteroatoms. The number of hydrogen-bond donors (Lipinski definition) is 0. The Morgan fingerprint density at radius 1 is 1.33 bits per heavy atom. The number of halogens is 3. The molecule has 2 rings (SSSR count).